The second-order valence-electron chi connectivity index (χ2n) is 13.8. The fraction of sp³-hybridized carbons (Fsp3) is 0.732. The second kappa shape index (κ2) is 32.5. The first-order chi connectivity index (χ1) is 23.6. The third-order valence-corrected chi connectivity index (χ3v) is 8.20. The number of likely N-dealkylation sites (N-methyl/N-ethyl adjacent to an activating group) is 1. The number of unbranched alkanes of at least 4 members (excludes halogenated alkanes) is 11. The maximum atomic E-state index is 12.6. The number of nitrogens with zero attached hydrogens (tertiary/aromatic N) is 1. The molecular formula is C41H71NO7. The van der Waals surface area contributed by atoms with Crippen LogP contribution in [0.2, 0.25) is 0 Å². The van der Waals surface area contributed by atoms with Crippen LogP contribution in [0, 0.1) is 0 Å². The molecule has 0 saturated carbocycles. The number of ether oxygens (including phenoxy) is 3. The van der Waals surface area contributed by atoms with Crippen molar-refractivity contribution in [1.29, 1.82) is 0 Å². The average Bonchev–Trinajstić information content (AvgIpc) is 3.05. The second-order valence-corrected chi connectivity index (χ2v) is 13.8. The molecule has 0 rings (SSSR count). The summed E-state index contributed by atoms with van der Waals surface area (Å²) in [4.78, 5) is 36.6. The number of hydrogen-bond donors (Lipinski definition) is 0. The summed E-state index contributed by atoms with van der Waals surface area (Å²) in [7, 11) is 5.38. The van der Waals surface area contributed by atoms with Crippen LogP contribution in [0.15, 0.2) is 48.6 Å². The minimum Gasteiger partial charge on any atom is -0.544 e. The summed E-state index contributed by atoms with van der Waals surface area (Å²) in [5.41, 5.74) is 0. The molecule has 2 unspecified atom stereocenters. The van der Waals surface area contributed by atoms with Gasteiger partial charge in [0.1, 0.15) is 12.6 Å². The number of carbonyl (C=O) groups excluding carboxylic acids is 3. The van der Waals surface area contributed by atoms with Gasteiger partial charge in [0.15, 0.2) is 6.10 Å². The highest BCUT2D eigenvalue weighted by atomic mass is 16.6. The molecule has 0 spiro atoms. The van der Waals surface area contributed by atoms with Crippen LogP contribution in [0.5, 0.6) is 0 Å². The normalized spacial score (nSPS) is 13.6. The van der Waals surface area contributed by atoms with E-state index in [1.54, 1.807) is 21.1 Å². The Morgan fingerprint density at radius 1 is 0.633 bits per heavy atom. The summed E-state index contributed by atoms with van der Waals surface area (Å²) in [5, 5.41) is 11.6. The predicted molar refractivity (Wildman–Crippen MR) is 199 cm³/mol. The van der Waals surface area contributed by atoms with E-state index in [2.05, 4.69) is 62.5 Å². The molecule has 2 atom stereocenters. The number of quaternary nitrogens is 1. The highest BCUT2D eigenvalue weighted by molar-refractivity contribution is 5.70. The lowest BCUT2D eigenvalue weighted by atomic mass is 10.1. The van der Waals surface area contributed by atoms with Crippen molar-refractivity contribution in [2.24, 2.45) is 0 Å². The number of aliphatic carboxylic acids is 1. The molecule has 0 N–H and O–H groups in total. The lowest BCUT2D eigenvalue weighted by Gasteiger charge is -2.34. The molecule has 0 fully saturated rings. The Morgan fingerprint density at radius 3 is 1.78 bits per heavy atom. The highest BCUT2D eigenvalue weighted by Gasteiger charge is 2.25. The van der Waals surface area contributed by atoms with Gasteiger partial charge >= 0.3 is 11.9 Å². The van der Waals surface area contributed by atoms with Crippen LogP contribution < -0.4 is 5.11 Å². The lowest BCUT2D eigenvalue weighted by molar-refractivity contribution is -0.889. The Hall–Kier alpha value is -2.71. The zero-order chi connectivity index (χ0) is 36.4. The predicted octanol–water partition coefficient (Wildman–Crippen LogP) is 8.35. The minimum atomic E-state index is -1.13. The van der Waals surface area contributed by atoms with Gasteiger partial charge in [-0.1, -0.05) is 107 Å². The summed E-state index contributed by atoms with van der Waals surface area (Å²) in [5.74, 6) is -1.80. The number of allylic oxidation sites excluding steroid dienone is 8. The maximum Gasteiger partial charge on any atom is 0.306 e. The van der Waals surface area contributed by atoms with Crippen LogP contribution >= 0.6 is 0 Å². The van der Waals surface area contributed by atoms with E-state index in [1.165, 1.54) is 38.5 Å². The van der Waals surface area contributed by atoms with E-state index in [1.807, 2.05) is 0 Å². The molecule has 0 aliphatic heterocycles. The number of hydrogen-bond acceptors (Lipinski definition) is 7. The van der Waals surface area contributed by atoms with E-state index in [0.717, 1.165) is 64.2 Å². The molecule has 0 aromatic rings. The topological polar surface area (TPSA) is 102 Å². The summed E-state index contributed by atoms with van der Waals surface area (Å²) in [6.45, 7) is 4.45. The molecule has 0 radical (unpaired) electrons. The molecule has 0 heterocycles. The first-order valence-electron chi connectivity index (χ1n) is 19.2. The van der Waals surface area contributed by atoms with E-state index in [-0.39, 0.29) is 42.7 Å². The monoisotopic (exact) mass is 690 g/mol. The van der Waals surface area contributed by atoms with Crippen LogP contribution in [-0.2, 0) is 28.6 Å². The lowest BCUT2D eigenvalue weighted by Crippen LogP contribution is -2.55. The molecule has 0 aliphatic carbocycles. The highest BCUT2D eigenvalue weighted by Crippen LogP contribution is 2.12. The quantitative estimate of drug-likeness (QED) is 0.0295. The van der Waals surface area contributed by atoms with Crippen molar-refractivity contribution in [1.82, 2.24) is 0 Å². The molecule has 282 valence electrons. The fourth-order valence-corrected chi connectivity index (χ4v) is 5.20. The zero-order valence-electron chi connectivity index (χ0n) is 31.8. The van der Waals surface area contributed by atoms with Crippen molar-refractivity contribution in [3.05, 3.63) is 48.6 Å². The van der Waals surface area contributed by atoms with E-state index in [4.69, 9.17) is 14.2 Å². The molecule has 8 heteroatoms. The number of carboxylic acids is 1. The van der Waals surface area contributed by atoms with E-state index >= 15 is 0 Å². The molecule has 0 amide bonds. The summed E-state index contributed by atoms with van der Waals surface area (Å²) in [6.07, 6.45) is 35.7. The van der Waals surface area contributed by atoms with Crippen LogP contribution in [0.25, 0.3) is 0 Å². The fourth-order valence-electron chi connectivity index (χ4n) is 5.20. The van der Waals surface area contributed by atoms with Crippen molar-refractivity contribution in [3.63, 3.8) is 0 Å². The first kappa shape index (κ1) is 46.3. The third kappa shape index (κ3) is 31.0. The number of carbonyl (C=O) groups is 3. The van der Waals surface area contributed by atoms with Gasteiger partial charge in [-0.25, -0.2) is 0 Å². The standard InChI is InChI=1S/C41H71NO7/c1-6-8-10-12-14-16-17-18-19-20-21-22-24-26-28-30-32-40(44)49-37(35-47-34-33-38(41(45)46)42(3,4)5)36-48-39(43)31-29-27-25-23-15-13-11-9-7-2/h8,10,14,16,18-19,23,25,37-38H,6-7,9,11-13,15,17,20-22,24,26-36H2,1-5H3/b10-8+,16-14+,19-18+,25-23+. The average molecular weight is 690 g/mol. The van der Waals surface area contributed by atoms with Gasteiger partial charge in [-0.15, -0.1) is 0 Å². The Balaban J connectivity index is 4.45. The van der Waals surface area contributed by atoms with Crippen molar-refractivity contribution in [2.45, 2.75) is 154 Å². The number of esters is 2. The molecule has 0 saturated heterocycles. The smallest absolute Gasteiger partial charge is 0.306 e. The van der Waals surface area contributed by atoms with E-state index in [0.29, 0.717) is 19.3 Å². The van der Waals surface area contributed by atoms with Gasteiger partial charge in [0, 0.05) is 19.3 Å². The Bertz CT molecular complexity index is 948. The van der Waals surface area contributed by atoms with Gasteiger partial charge in [0.2, 0.25) is 0 Å². The molecule has 0 bridgehead atoms. The summed E-state index contributed by atoms with van der Waals surface area (Å²) in [6, 6.07) is -0.731. The minimum absolute atomic E-state index is 0.0255. The van der Waals surface area contributed by atoms with Gasteiger partial charge in [-0.05, 0) is 64.2 Å². The number of carboxylic acid groups (broad SMARTS) is 1. The molecule has 0 aliphatic rings. The largest absolute Gasteiger partial charge is 0.544 e. The zero-order valence-corrected chi connectivity index (χ0v) is 31.8. The molecular weight excluding hydrogens is 618 g/mol. The Kier molecular flexibility index (Phi) is 30.7. The van der Waals surface area contributed by atoms with Gasteiger partial charge in [-0.2, -0.15) is 0 Å². The van der Waals surface area contributed by atoms with Gasteiger partial charge in [-0.3, -0.25) is 9.59 Å². The first-order valence-corrected chi connectivity index (χ1v) is 19.2. The SMILES string of the molecule is CC/C=C/C/C=C/C/C=C/CCCCCCCCC(=O)OC(COCCC(C(=O)[O-])[N+](C)(C)C)COC(=O)CCC/C=C/CCCCCC. The van der Waals surface area contributed by atoms with Crippen molar-refractivity contribution in [3.8, 4) is 0 Å². The Labute approximate surface area is 299 Å². The maximum absolute atomic E-state index is 12.6. The molecule has 0 aromatic carbocycles. The van der Waals surface area contributed by atoms with Gasteiger partial charge < -0.3 is 28.6 Å². The summed E-state index contributed by atoms with van der Waals surface area (Å²) >= 11 is 0. The van der Waals surface area contributed by atoms with E-state index in [9.17, 15) is 19.5 Å². The van der Waals surface area contributed by atoms with Gasteiger partial charge in [0.05, 0.1) is 40.3 Å². The van der Waals surface area contributed by atoms with Crippen molar-refractivity contribution < 1.29 is 38.2 Å². The molecule has 49 heavy (non-hydrogen) atoms. The van der Waals surface area contributed by atoms with Crippen LogP contribution in [0.1, 0.15) is 142 Å². The molecule has 8 nitrogen and oxygen atoms in total. The Morgan fingerprint density at radius 2 is 1.16 bits per heavy atom. The van der Waals surface area contributed by atoms with Crippen molar-refractivity contribution >= 4 is 17.9 Å². The van der Waals surface area contributed by atoms with Crippen LogP contribution in [-0.4, -0.2) is 75.5 Å². The van der Waals surface area contributed by atoms with E-state index < -0.39 is 18.1 Å². The molecule has 0 aromatic heterocycles. The van der Waals surface area contributed by atoms with Gasteiger partial charge in [0.25, 0.3) is 0 Å². The summed E-state index contributed by atoms with van der Waals surface area (Å²) < 4.78 is 17.0. The third-order valence-electron chi connectivity index (χ3n) is 8.20. The van der Waals surface area contributed by atoms with Crippen LogP contribution in [0.4, 0.5) is 0 Å². The van der Waals surface area contributed by atoms with Crippen molar-refractivity contribution in [2.75, 3.05) is 41.0 Å². The number of rotatable bonds is 33. The van der Waals surface area contributed by atoms with Crippen LogP contribution in [0.3, 0.4) is 0 Å².